The van der Waals surface area contributed by atoms with E-state index in [1.165, 1.54) is 6.92 Å². The summed E-state index contributed by atoms with van der Waals surface area (Å²) in [6.07, 6.45) is 9.88. The highest BCUT2D eigenvalue weighted by atomic mass is 16.6. The van der Waals surface area contributed by atoms with Crippen LogP contribution in [0.1, 0.15) is 13.3 Å². The molecule has 12 heavy (non-hydrogen) atoms. The first-order valence-electron chi connectivity index (χ1n) is 3.86. The molecular formula is C10H12O2. The SMILES string of the molecule is C=CC1(OC(C)=O)C=CC=CC1. The third-order valence-corrected chi connectivity index (χ3v) is 1.74. The highest BCUT2D eigenvalue weighted by Crippen LogP contribution is 2.23. The van der Waals surface area contributed by atoms with E-state index in [9.17, 15) is 4.79 Å². The fourth-order valence-electron chi connectivity index (χ4n) is 1.15. The van der Waals surface area contributed by atoms with Gasteiger partial charge in [-0.2, -0.15) is 0 Å². The van der Waals surface area contributed by atoms with Crippen LogP contribution in [0.3, 0.4) is 0 Å². The molecule has 2 nitrogen and oxygen atoms in total. The van der Waals surface area contributed by atoms with Crippen LogP contribution in [0, 0.1) is 0 Å². The first-order chi connectivity index (χ1) is 5.68. The van der Waals surface area contributed by atoms with Gasteiger partial charge in [0.15, 0.2) is 5.60 Å². The zero-order valence-electron chi connectivity index (χ0n) is 7.12. The zero-order chi connectivity index (χ0) is 9.03. The Hall–Kier alpha value is -1.31. The molecule has 2 heteroatoms. The monoisotopic (exact) mass is 164 g/mol. The second-order valence-corrected chi connectivity index (χ2v) is 2.74. The van der Waals surface area contributed by atoms with Crippen LogP contribution in [-0.2, 0) is 9.53 Å². The molecule has 1 aliphatic rings. The maximum atomic E-state index is 10.7. The van der Waals surface area contributed by atoms with Crippen molar-refractivity contribution in [1.29, 1.82) is 0 Å². The lowest BCUT2D eigenvalue weighted by molar-refractivity contribution is -0.148. The van der Waals surface area contributed by atoms with Crippen molar-refractivity contribution in [3.8, 4) is 0 Å². The lowest BCUT2D eigenvalue weighted by Gasteiger charge is -2.26. The van der Waals surface area contributed by atoms with Gasteiger partial charge in [0.05, 0.1) is 0 Å². The Labute approximate surface area is 72.2 Å². The van der Waals surface area contributed by atoms with E-state index in [1.807, 2.05) is 24.3 Å². The van der Waals surface area contributed by atoms with Gasteiger partial charge in [-0.05, 0) is 12.2 Å². The molecule has 0 radical (unpaired) electrons. The molecule has 0 aromatic heterocycles. The number of carbonyl (C=O) groups is 1. The van der Waals surface area contributed by atoms with Gasteiger partial charge >= 0.3 is 5.97 Å². The Balaban J connectivity index is 2.76. The smallest absolute Gasteiger partial charge is 0.303 e. The third-order valence-electron chi connectivity index (χ3n) is 1.74. The van der Waals surface area contributed by atoms with Gasteiger partial charge in [-0.1, -0.05) is 24.8 Å². The summed E-state index contributed by atoms with van der Waals surface area (Å²) in [5.74, 6) is -0.283. The molecule has 0 spiro atoms. The van der Waals surface area contributed by atoms with E-state index >= 15 is 0 Å². The van der Waals surface area contributed by atoms with Gasteiger partial charge in [-0.25, -0.2) is 0 Å². The highest BCUT2D eigenvalue weighted by molar-refractivity contribution is 5.67. The van der Waals surface area contributed by atoms with E-state index in [1.54, 1.807) is 6.08 Å². The lowest BCUT2D eigenvalue weighted by Crippen LogP contribution is -2.29. The van der Waals surface area contributed by atoms with Gasteiger partial charge in [0.1, 0.15) is 0 Å². The number of rotatable bonds is 2. The van der Waals surface area contributed by atoms with Crippen LogP contribution in [0.2, 0.25) is 0 Å². The molecule has 0 saturated carbocycles. The average Bonchev–Trinajstić information content (AvgIpc) is 2.05. The lowest BCUT2D eigenvalue weighted by atomic mass is 9.95. The van der Waals surface area contributed by atoms with Crippen molar-refractivity contribution >= 4 is 5.97 Å². The van der Waals surface area contributed by atoms with Crippen LogP contribution in [0.4, 0.5) is 0 Å². The number of hydrogen-bond acceptors (Lipinski definition) is 2. The molecule has 0 aromatic carbocycles. The maximum Gasteiger partial charge on any atom is 0.303 e. The summed E-state index contributed by atoms with van der Waals surface area (Å²) in [4.78, 5) is 10.7. The van der Waals surface area contributed by atoms with Crippen LogP contribution in [-0.4, -0.2) is 11.6 Å². The molecule has 0 amide bonds. The predicted octanol–water partition coefficient (Wildman–Crippen LogP) is 1.99. The van der Waals surface area contributed by atoms with Crippen LogP contribution in [0.5, 0.6) is 0 Å². The molecule has 1 aliphatic carbocycles. The molecule has 1 atom stereocenters. The first kappa shape index (κ1) is 8.78. The normalized spacial score (nSPS) is 26.8. The first-order valence-corrected chi connectivity index (χ1v) is 3.86. The summed E-state index contributed by atoms with van der Waals surface area (Å²) in [5.41, 5.74) is -0.611. The van der Waals surface area contributed by atoms with Crippen molar-refractivity contribution < 1.29 is 9.53 Å². The van der Waals surface area contributed by atoms with E-state index in [2.05, 4.69) is 6.58 Å². The molecule has 0 bridgehead atoms. The second kappa shape index (κ2) is 3.39. The number of carbonyl (C=O) groups excluding carboxylic acids is 1. The van der Waals surface area contributed by atoms with Gasteiger partial charge in [-0.3, -0.25) is 4.79 Å². The van der Waals surface area contributed by atoms with E-state index in [4.69, 9.17) is 4.74 Å². The molecule has 0 N–H and O–H groups in total. The second-order valence-electron chi connectivity index (χ2n) is 2.74. The standard InChI is InChI=1S/C10H12O2/c1-3-10(12-9(2)11)7-5-4-6-8-10/h3-7H,1,8H2,2H3. The zero-order valence-corrected chi connectivity index (χ0v) is 7.12. The fraction of sp³-hybridized carbons (Fsp3) is 0.300. The van der Waals surface area contributed by atoms with E-state index in [0.717, 1.165) is 0 Å². The Morgan fingerprint density at radius 3 is 2.83 bits per heavy atom. The third kappa shape index (κ3) is 1.84. The van der Waals surface area contributed by atoms with Gasteiger partial charge in [0.25, 0.3) is 0 Å². The predicted molar refractivity (Wildman–Crippen MR) is 47.6 cm³/mol. The molecule has 0 aliphatic heterocycles. The molecule has 0 aromatic rings. The summed E-state index contributed by atoms with van der Waals surface area (Å²) in [6.45, 7) is 5.05. The highest BCUT2D eigenvalue weighted by Gasteiger charge is 2.26. The van der Waals surface area contributed by atoms with Crippen LogP contribution in [0.25, 0.3) is 0 Å². The van der Waals surface area contributed by atoms with Gasteiger partial charge < -0.3 is 4.74 Å². The minimum absolute atomic E-state index is 0.283. The Morgan fingerprint density at radius 1 is 1.67 bits per heavy atom. The summed E-state index contributed by atoms with van der Waals surface area (Å²) in [6, 6.07) is 0. The van der Waals surface area contributed by atoms with Gasteiger partial charge in [-0.15, -0.1) is 0 Å². The van der Waals surface area contributed by atoms with Crippen molar-refractivity contribution in [2.24, 2.45) is 0 Å². The average molecular weight is 164 g/mol. The minimum Gasteiger partial charge on any atom is -0.450 e. The topological polar surface area (TPSA) is 26.3 Å². The van der Waals surface area contributed by atoms with Gasteiger partial charge in [0, 0.05) is 13.3 Å². The molecule has 0 fully saturated rings. The number of hydrogen-bond donors (Lipinski definition) is 0. The van der Waals surface area contributed by atoms with Crippen molar-refractivity contribution in [1.82, 2.24) is 0 Å². The van der Waals surface area contributed by atoms with E-state index < -0.39 is 5.60 Å². The van der Waals surface area contributed by atoms with Crippen molar-refractivity contribution in [2.45, 2.75) is 18.9 Å². The Morgan fingerprint density at radius 2 is 2.42 bits per heavy atom. The summed E-state index contributed by atoms with van der Waals surface area (Å²) in [7, 11) is 0. The van der Waals surface area contributed by atoms with Gasteiger partial charge in [0.2, 0.25) is 0 Å². The van der Waals surface area contributed by atoms with E-state index in [0.29, 0.717) is 6.42 Å². The Kier molecular flexibility index (Phi) is 2.48. The summed E-state index contributed by atoms with van der Waals surface area (Å²) >= 11 is 0. The molecule has 0 heterocycles. The molecule has 1 rings (SSSR count). The van der Waals surface area contributed by atoms with Crippen LogP contribution < -0.4 is 0 Å². The van der Waals surface area contributed by atoms with E-state index in [-0.39, 0.29) is 5.97 Å². The minimum atomic E-state index is -0.611. The number of ether oxygens (including phenoxy) is 1. The molecular weight excluding hydrogens is 152 g/mol. The summed E-state index contributed by atoms with van der Waals surface area (Å²) < 4.78 is 5.13. The maximum absolute atomic E-state index is 10.7. The Bertz CT molecular complexity index is 251. The fourth-order valence-corrected chi connectivity index (χ4v) is 1.15. The molecule has 64 valence electrons. The molecule has 1 unspecified atom stereocenters. The summed E-state index contributed by atoms with van der Waals surface area (Å²) in [5, 5.41) is 0. The quantitative estimate of drug-likeness (QED) is 0.461. The number of esters is 1. The van der Waals surface area contributed by atoms with Crippen molar-refractivity contribution in [3.63, 3.8) is 0 Å². The van der Waals surface area contributed by atoms with Crippen LogP contribution in [0.15, 0.2) is 37.0 Å². The van der Waals surface area contributed by atoms with Crippen LogP contribution >= 0.6 is 0 Å². The largest absolute Gasteiger partial charge is 0.450 e. The van der Waals surface area contributed by atoms with Crippen molar-refractivity contribution in [3.05, 3.63) is 37.0 Å². The molecule has 0 saturated heterocycles. The van der Waals surface area contributed by atoms with Crippen molar-refractivity contribution in [2.75, 3.05) is 0 Å². The number of allylic oxidation sites excluding steroid dienone is 2.